The van der Waals surface area contributed by atoms with Crippen LogP contribution in [0, 0.1) is 0 Å². The monoisotopic (exact) mass is 334 g/mol. The van der Waals surface area contributed by atoms with E-state index in [9.17, 15) is 19.8 Å². The van der Waals surface area contributed by atoms with Crippen molar-refractivity contribution in [2.75, 3.05) is 0 Å². The van der Waals surface area contributed by atoms with Crippen molar-refractivity contribution < 1.29 is 24.9 Å². The molecule has 124 valence electrons. The number of aromatic carboxylic acids is 2. The average molecular weight is 334 g/mol. The minimum atomic E-state index is -1.20. The van der Waals surface area contributed by atoms with Crippen LogP contribution in [0.15, 0.2) is 54.6 Å². The first kappa shape index (κ1) is 16.3. The summed E-state index contributed by atoms with van der Waals surface area (Å²) in [5.41, 5.74) is 1.41. The van der Waals surface area contributed by atoms with Gasteiger partial charge in [0.2, 0.25) is 0 Å². The van der Waals surface area contributed by atoms with Crippen molar-refractivity contribution in [3.8, 4) is 5.75 Å². The van der Waals surface area contributed by atoms with E-state index in [1.165, 1.54) is 18.2 Å². The molecule has 0 saturated carbocycles. The lowest BCUT2D eigenvalue weighted by Gasteiger charge is -2.05. The van der Waals surface area contributed by atoms with Crippen molar-refractivity contribution >= 4 is 34.9 Å². The molecule has 0 atom stereocenters. The highest BCUT2D eigenvalue weighted by atomic mass is 16.4. The Balaban J connectivity index is 2.01. The molecule has 3 aromatic rings. The zero-order valence-electron chi connectivity index (χ0n) is 13.0. The molecule has 0 aromatic heterocycles. The lowest BCUT2D eigenvalue weighted by Crippen LogP contribution is -1.98. The second-order valence-corrected chi connectivity index (χ2v) is 5.51. The van der Waals surface area contributed by atoms with Crippen molar-refractivity contribution in [2.45, 2.75) is 0 Å². The highest BCUT2D eigenvalue weighted by Gasteiger charge is 2.11. The molecule has 0 heterocycles. The predicted octanol–water partition coefficient (Wildman–Crippen LogP) is 4.11. The second kappa shape index (κ2) is 6.49. The summed E-state index contributed by atoms with van der Waals surface area (Å²) in [6, 6.07) is 14.8. The first-order chi connectivity index (χ1) is 12.0. The molecule has 0 aliphatic carbocycles. The third-order valence-corrected chi connectivity index (χ3v) is 3.86. The maximum Gasteiger partial charge on any atom is 0.339 e. The van der Waals surface area contributed by atoms with Crippen LogP contribution in [0.1, 0.15) is 31.8 Å². The summed E-state index contributed by atoms with van der Waals surface area (Å²) < 4.78 is 0. The maximum atomic E-state index is 11.2. The molecule has 0 fully saturated rings. The Morgan fingerprint density at radius 3 is 2.20 bits per heavy atom. The number of hydrogen-bond acceptors (Lipinski definition) is 3. The molecule has 25 heavy (non-hydrogen) atoms. The zero-order valence-corrected chi connectivity index (χ0v) is 13.0. The van der Waals surface area contributed by atoms with Crippen LogP contribution in [-0.2, 0) is 0 Å². The Labute approximate surface area is 143 Å². The molecule has 0 amide bonds. The highest BCUT2D eigenvalue weighted by molar-refractivity contribution is 5.98. The number of carboxylic acid groups (broad SMARTS) is 2. The van der Waals surface area contributed by atoms with Gasteiger partial charge in [0, 0.05) is 0 Å². The van der Waals surface area contributed by atoms with E-state index in [4.69, 9.17) is 5.11 Å². The molecule has 0 spiro atoms. The second-order valence-electron chi connectivity index (χ2n) is 5.51. The summed E-state index contributed by atoms with van der Waals surface area (Å²) >= 11 is 0. The summed E-state index contributed by atoms with van der Waals surface area (Å²) in [5.74, 6) is -2.48. The first-order valence-electron chi connectivity index (χ1n) is 7.46. The number of carboxylic acids is 2. The molecule has 0 aliphatic rings. The lowest BCUT2D eigenvalue weighted by molar-refractivity contribution is 0.0684. The fourth-order valence-corrected chi connectivity index (χ4v) is 2.60. The van der Waals surface area contributed by atoms with Crippen LogP contribution < -0.4 is 0 Å². The number of carbonyl (C=O) groups is 2. The van der Waals surface area contributed by atoms with E-state index in [1.807, 2.05) is 6.07 Å². The van der Waals surface area contributed by atoms with Gasteiger partial charge in [0.15, 0.2) is 0 Å². The number of fused-ring (bicyclic) bond motifs is 1. The van der Waals surface area contributed by atoms with Gasteiger partial charge in [-0.25, -0.2) is 9.59 Å². The summed E-state index contributed by atoms with van der Waals surface area (Å²) in [5, 5.41) is 29.4. The van der Waals surface area contributed by atoms with Crippen molar-refractivity contribution in [3.05, 3.63) is 76.9 Å². The van der Waals surface area contributed by atoms with Crippen LogP contribution in [0.3, 0.4) is 0 Å². The number of phenols is 1. The predicted molar refractivity (Wildman–Crippen MR) is 94.9 cm³/mol. The van der Waals surface area contributed by atoms with Crippen molar-refractivity contribution in [2.24, 2.45) is 0 Å². The lowest BCUT2D eigenvalue weighted by atomic mass is 10.0. The highest BCUT2D eigenvalue weighted by Crippen LogP contribution is 2.26. The van der Waals surface area contributed by atoms with Gasteiger partial charge in [-0.3, -0.25) is 0 Å². The summed E-state index contributed by atoms with van der Waals surface area (Å²) in [4.78, 5) is 22.4. The Bertz CT molecular complexity index is 1020. The molecule has 0 unspecified atom stereocenters. The smallest absolute Gasteiger partial charge is 0.339 e. The molecule has 3 N–H and O–H groups in total. The topological polar surface area (TPSA) is 94.8 Å². The SMILES string of the molecule is O=C(O)c1cc2cc(/C=C/c3ccccc3C(=O)O)ccc2cc1O. The van der Waals surface area contributed by atoms with E-state index >= 15 is 0 Å². The van der Waals surface area contributed by atoms with Gasteiger partial charge >= 0.3 is 11.9 Å². The molecule has 0 aliphatic heterocycles. The standard InChI is InChI=1S/C20H14O5/c21-18-11-14-8-6-12(9-15(14)10-17(18)20(24)25)5-7-13-3-1-2-4-16(13)19(22)23/h1-11,21H,(H,22,23)(H,24,25)/b7-5+. The zero-order chi connectivity index (χ0) is 18.0. The first-order valence-corrected chi connectivity index (χ1v) is 7.46. The van der Waals surface area contributed by atoms with Gasteiger partial charge in [0.05, 0.1) is 5.56 Å². The Hall–Kier alpha value is -3.60. The van der Waals surface area contributed by atoms with E-state index in [0.29, 0.717) is 16.3 Å². The molecule has 3 rings (SSSR count). The van der Waals surface area contributed by atoms with Crippen molar-refractivity contribution in [3.63, 3.8) is 0 Å². The van der Waals surface area contributed by atoms with Gasteiger partial charge in [0.25, 0.3) is 0 Å². The molecular formula is C20H14O5. The Kier molecular flexibility index (Phi) is 4.22. The fourth-order valence-electron chi connectivity index (χ4n) is 2.60. The Morgan fingerprint density at radius 2 is 1.48 bits per heavy atom. The van der Waals surface area contributed by atoms with E-state index in [-0.39, 0.29) is 16.9 Å². The molecule has 3 aromatic carbocycles. The molecule has 5 nitrogen and oxygen atoms in total. The molecule has 5 heteroatoms. The normalized spacial score (nSPS) is 11.0. The largest absolute Gasteiger partial charge is 0.507 e. The van der Waals surface area contributed by atoms with E-state index < -0.39 is 11.9 Å². The van der Waals surface area contributed by atoms with Crippen LogP contribution in [-0.4, -0.2) is 27.3 Å². The summed E-state index contributed by atoms with van der Waals surface area (Å²) in [7, 11) is 0. The number of rotatable bonds is 4. The number of hydrogen-bond donors (Lipinski definition) is 3. The van der Waals surface area contributed by atoms with Gasteiger partial charge < -0.3 is 15.3 Å². The number of aromatic hydroxyl groups is 1. The van der Waals surface area contributed by atoms with Crippen molar-refractivity contribution in [1.82, 2.24) is 0 Å². The minimum absolute atomic E-state index is 0.162. The molecule has 0 saturated heterocycles. The quantitative estimate of drug-likeness (QED) is 0.624. The van der Waals surface area contributed by atoms with Crippen LogP contribution in [0.2, 0.25) is 0 Å². The fraction of sp³-hybridized carbons (Fsp3) is 0. The summed E-state index contributed by atoms with van der Waals surface area (Å²) in [6.45, 7) is 0. The molecular weight excluding hydrogens is 320 g/mol. The third-order valence-electron chi connectivity index (χ3n) is 3.86. The van der Waals surface area contributed by atoms with E-state index in [1.54, 1.807) is 42.5 Å². The van der Waals surface area contributed by atoms with Crippen LogP contribution in [0.25, 0.3) is 22.9 Å². The Morgan fingerprint density at radius 1 is 0.760 bits per heavy atom. The summed E-state index contributed by atoms with van der Waals surface area (Å²) in [6.07, 6.45) is 3.46. The van der Waals surface area contributed by atoms with E-state index in [2.05, 4.69) is 0 Å². The maximum absolute atomic E-state index is 11.2. The molecule has 0 radical (unpaired) electrons. The van der Waals surface area contributed by atoms with Gasteiger partial charge in [-0.1, -0.05) is 42.5 Å². The van der Waals surface area contributed by atoms with Crippen LogP contribution in [0.5, 0.6) is 5.75 Å². The van der Waals surface area contributed by atoms with Crippen molar-refractivity contribution in [1.29, 1.82) is 0 Å². The van der Waals surface area contributed by atoms with Gasteiger partial charge in [-0.05, 0) is 46.2 Å². The van der Waals surface area contributed by atoms with Gasteiger partial charge in [-0.15, -0.1) is 0 Å². The van der Waals surface area contributed by atoms with Crippen LogP contribution in [0.4, 0.5) is 0 Å². The van der Waals surface area contributed by atoms with Crippen LogP contribution >= 0.6 is 0 Å². The number of benzene rings is 3. The minimum Gasteiger partial charge on any atom is -0.507 e. The average Bonchev–Trinajstić information content (AvgIpc) is 2.59. The third kappa shape index (κ3) is 3.35. The van der Waals surface area contributed by atoms with E-state index in [0.717, 1.165) is 5.56 Å². The molecule has 0 bridgehead atoms. The van der Waals surface area contributed by atoms with Gasteiger partial charge in [-0.2, -0.15) is 0 Å². The van der Waals surface area contributed by atoms with Gasteiger partial charge in [0.1, 0.15) is 11.3 Å².